The Morgan fingerprint density at radius 1 is 0.963 bits per heavy atom. The Morgan fingerprint density at radius 2 is 1.74 bits per heavy atom. The smallest absolute Gasteiger partial charge is 0.344 e. The maximum atomic E-state index is 12.5. The van der Waals surface area contributed by atoms with Gasteiger partial charge in [0.25, 0.3) is 0 Å². The Bertz CT molecular complexity index is 2200. The van der Waals surface area contributed by atoms with Crippen LogP contribution in [0.4, 0.5) is 5.69 Å². The molecule has 0 spiro atoms. The summed E-state index contributed by atoms with van der Waals surface area (Å²) in [7, 11) is 0. The van der Waals surface area contributed by atoms with E-state index in [0.29, 0.717) is 34.7 Å². The van der Waals surface area contributed by atoms with E-state index in [4.69, 9.17) is 14.5 Å². The number of H-pyrrole nitrogens is 1. The molecular formula is C47H55N3O4. The summed E-state index contributed by atoms with van der Waals surface area (Å²) in [5.74, 6) is 1.50. The monoisotopic (exact) mass is 725 g/mol. The molecule has 0 radical (unpaired) electrons. The molecule has 1 heterocycles. The number of ether oxygens (including phenoxy) is 2. The zero-order valence-electron chi connectivity index (χ0n) is 33.2. The Balaban J connectivity index is 1.30. The molecule has 7 rings (SSSR count). The summed E-state index contributed by atoms with van der Waals surface area (Å²) in [5, 5.41) is 2.97. The van der Waals surface area contributed by atoms with E-state index in [0.717, 1.165) is 30.3 Å². The minimum absolute atomic E-state index is 0.0507. The van der Waals surface area contributed by atoms with Crippen LogP contribution >= 0.6 is 0 Å². The molecular weight excluding hydrogens is 671 g/mol. The minimum Gasteiger partial charge on any atom is -0.482 e. The normalized spacial score (nSPS) is 21.0. The van der Waals surface area contributed by atoms with Crippen LogP contribution in [0, 0.1) is 11.3 Å². The lowest BCUT2D eigenvalue weighted by atomic mass is 9.48. The number of aromatic nitrogens is 2. The molecule has 282 valence electrons. The predicted molar refractivity (Wildman–Crippen MR) is 218 cm³/mol. The first-order chi connectivity index (χ1) is 25.6. The fourth-order valence-electron chi connectivity index (χ4n) is 9.57. The second-order valence-corrected chi connectivity index (χ2v) is 17.5. The largest absolute Gasteiger partial charge is 0.482 e. The van der Waals surface area contributed by atoms with Gasteiger partial charge in [0.05, 0.1) is 16.7 Å². The lowest BCUT2D eigenvalue weighted by molar-refractivity contribution is -0.157. The van der Waals surface area contributed by atoms with E-state index in [9.17, 15) is 9.59 Å². The number of imidazole rings is 1. The summed E-state index contributed by atoms with van der Waals surface area (Å²) in [6.07, 6.45) is 6.76. The first kappa shape index (κ1) is 37.4. The highest BCUT2D eigenvalue weighted by Gasteiger charge is 2.52. The van der Waals surface area contributed by atoms with Crippen molar-refractivity contribution in [3.8, 4) is 28.3 Å². The zero-order chi connectivity index (χ0) is 38.4. The molecule has 4 aromatic carbocycles. The molecule has 2 N–H and O–H groups in total. The highest BCUT2D eigenvalue weighted by molar-refractivity contribution is 5.95. The quantitative estimate of drug-likeness (QED) is 0.148. The van der Waals surface area contributed by atoms with Crippen LogP contribution in [-0.2, 0) is 32.6 Å². The number of aromatic amines is 1. The van der Waals surface area contributed by atoms with Crippen molar-refractivity contribution in [2.75, 3.05) is 11.9 Å². The molecule has 2 aliphatic carbocycles. The van der Waals surface area contributed by atoms with Crippen molar-refractivity contribution in [2.45, 2.75) is 111 Å². The number of carbonyl (C=O) groups excluding carboxylic acids is 2. The molecule has 7 heteroatoms. The van der Waals surface area contributed by atoms with E-state index >= 15 is 0 Å². The van der Waals surface area contributed by atoms with Crippen molar-refractivity contribution in [3.05, 3.63) is 101 Å². The summed E-state index contributed by atoms with van der Waals surface area (Å²) in [6.45, 7) is 16.4. The highest BCUT2D eigenvalue weighted by Crippen LogP contribution is 2.59. The van der Waals surface area contributed by atoms with Gasteiger partial charge in [0.1, 0.15) is 17.2 Å². The van der Waals surface area contributed by atoms with Gasteiger partial charge in [0.15, 0.2) is 6.61 Å². The van der Waals surface area contributed by atoms with Crippen molar-refractivity contribution in [2.24, 2.45) is 11.3 Å². The summed E-state index contributed by atoms with van der Waals surface area (Å²) >= 11 is 0. The van der Waals surface area contributed by atoms with Crippen LogP contribution in [0.25, 0.3) is 33.5 Å². The van der Waals surface area contributed by atoms with Gasteiger partial charge in [0, 0.05) is 12.5 Å². The topological polar surface area (TPSA) is 93.3 Å². The van der Waals surface area contributed by atoms with Crippen molar-refractivity contribution < 1.29 is 19.1 Å². The van der Waals surface area contributed by atoms with Gasteiger partial charge in [-0.3, -0.25) is 4.79 Å². The standard InChI is InChI=1S/C47H55N3O4/c1-29(2)32-15-19-38-33(25-32)16-22-41-46(7,23-12-24-47(38,41)8)27-37-35(31-13-10-9-11-14-31)18-21-40-43(37)50-44(49-40)36-26-34(17-20-39(36)48-30(3)51)53-28-42(52)54-45(4,5)6/h9-11,13-15,17-21,25-26,29,41H,12,16,22-24,27-28H2,1-8H3,(H,48,51)(H,49,50)/t41-,46+,47+/m0/s1. The van der Waals surface area contributed by atoms with Crippen molar-refractivity contribution in [1.82, 2.24) is 9.97 Å². The molecule has 0 aliphatic heterocycles. The fourth-order valence-corrected chi connectivity index (χ4v) is 9.57. The second kappa shape index (κ2) is 14.4. The Labute approximate surface area is 320 Å². The van der Waals surface area contributed by atoms with E-state index in [2.05, 4.69) is 98.7 Å². The lowest BCUT2D eigenvalue weighted by Crippen LogP contribution is -2.50. The highest BCUT2D eigenvalue weighted by atomic mass is 16.6. The van der Waals surface area contributed by atoms with Crippen LogP contribution in [0.1, 0.15) is 109 Å². The minimum atomic E-state index is -0.613. The molecule has 0 saturated heterocycles. The number of nitrogens with zero attached hydrogens (tertiary/aromatic N) is 1. The average Bonchev–Trinajstić information content (AvgIpc) is 3.55. The Kier molecular flexibility index (Phi) is 9.97. The number of anilines is 1. The zero-order valence-corrected chi connectivity index (χ0v) is 33.2. The molecule has 5 aromatic rings. The van der Waals surface area contributed by atoms with Crippen molar-refractivity contribution >= 4 is 28.6 Å². The van der Waals surface area contributed by atoms with Crippen LogP contribution in [-0.4, -0.2) is 34.1 Å². The molecule has 1 saturated carbocycles. The third kappa shape index (κ3) is 7.42. The third-order valence-corrected chi connectivity index (χ3v) is 11.9. The van der Waals surface area contributed by atoms with Gasteiger partial charge in [-0.2, -0.15) is 0 Å². The summed E-state index contributed by atoms with van der Waals surface area (Å²) < 4.78 is 11.4. The number of esters is 1. The van der Waals surface area contributed by atoms with E-state index in [1.165, 1.54) is 48.4 Å². The van der Waals surface area contributed by atoms with Gasteiger partial charge >= 0.3 is 5.97 Å². The number of benzene rings is 4. The molecule has 1 aromatic heterocycles. The lowest BCUT2D eigenvalue weighted by Gasteiger charge is -2.56. The number of rotatable bonds is 9. The number of fused-ring (bicyclic) bond motifs is 4. The molecule has 3 atom stereocenters. The maximum Gasteiger partial charge on any atom is 0.344 e. The van der Waals surface area contributed by atoms with E-state index in [-0.39, 0.29) is 23.3 Å². The Morgan fingerprint density at radius 3 is 2.46 bits per heavy atom. The second-order valence-electron chi connectivity index (χ2n) is 17.5. The van der Waals surface area contributed by atoms with Gasteiger partial charge < -0.3 is 19.8 Å². The van der Waals surface area contributed by atoms with Crippen LogP contribution in [0.5, 0.6) is 5.75 Å². The first-order valence-corrected chi connectivity index (χ1v) is 19.6. The maximum absolute atomic E-state index is 12.5. The summed E-state index contributed by atoms with van der Waals surface area (Å²) in [4.78, 5) is 33.8. The number of aryl methyl sites for hydroxylation is 1. The number of amides is 1. The molecule has 54 heavy (non-hydrogen) atoms. The van der Waals surface area contributed by atoms with Gasteiger partial charge in [-0.1, -0.05) is 88.7 Å². The van der Waals surface area contributed by atoms with E-state index < -0.39 is 11.6 Å². The van der Waals surface area contributed by atoms with Gasteiger partial charge in [-0.15, -0.1) is 0 Å². The predicted octanol–water partition coefficient (Wildman–Crippen LogP) is 11.0. The molecule has 2 aliphatic rings. The number of carbonyl (C=O) groups is 2. The van der Waals surface area contributed by atoms with Crippen molar-refractivity contribution in [1.29, 1.82) is 0 Å². The van der Waals surface area contributed by atoms with Crippen LogP contribution < -0.4 is 10.1 Å². The summed E-state index contributed by atoms with van der Waals surface area (Å²) in [6, 6.07) is 27.7. The summed E-state index contributed by atoms with van der Waals surface area (Å²) in [5.41, 5.74) is 10.8. The van der Waals surface area contributed by atoms with Gasteiger partial charge in [-0.25, -0.2) is 9.78 Å². The Hall–Kier alpha value is -4.91. The van der Waals surface area contributed by atoms with E-state index in [1.54, 1.807) is 23.3 Å². The third-order valence-electron chi connectivity index (χ3n) is 11.9. The molecule has 1 amide bonds. The van der Waals surface area contributed by atoms with Crippen molar-refractivity contribution in [3.63, 3.8) is 0 Å². The SMILES string of the molecule is CC(=O)Nc1ccc(OCC(=O)OC(C)(C)C)cc1-c1nc2c(C[C@@]3(C)CCC[C@]4(C)c5ccc(C(C)C)cc5CC[C@@H]34)c(-c3ccccc3)ccc2[nH]1. The molecule has 7 nitrogen and oxygen atoms in total. The molecule has 0 bridgehead atoms. The van der Waals surface area contributed by atoms with Crippen LogP contribution in [0.2, 0.25) is 0 Å². The number of hydrogen-bond donors (Lipinski definition) is 2. The van der Waals surface area contributed by atoms with Crippen LogP contribution in [0.15, 0.2) is 78.9 Å². The van der Waals surface area contributed by atoms with Crippen LogP contribution in [0.3, 0.4) is 0 Å². The van der Waals surface area contributed by atoms with E-state index in [1.807, 2.05) is 26.8 Å². The first-order valence-electron chi connectivity index (χ1n) is 19.6. The molecule has 0 unspecified atom stereocenters. The van der Waals surface area contributed by atoms with Gasteiger partial charge in [0.2, 0.25) is 5.91 Å². The fraction of sp³-hybridized carbons (Fsp3) is 0.426. The van der Waals surface area contributed by atoms with Gasteiger partial charge in [-0.05, 0) is 133 Å². The average molecular weight is 726 g/mol. The number of nitrogens with one attached hydrogen (secondary N) is 2. The number of hydrogen-bond acceptors (Lipinski definition) is 5. The molecule has 1 fully saturated rings.